The molecule has 0 unspecified atom stereocenters. The van der Waals surface area contributed by atoms with Crippen LogP contribution in [-0.2, 0) is 4.79 Å². The molecule has 1 aliphatic carbocycles. The van der Waals surface area contributed by atoms with E-state index in [2.05, 4.69) is 34.1 Å². The van der Waals surface area contributed by atoms with Crippen molar-refractivity contribution in [2.24, 2.45) is 17.8 Å². The van der Waals surface area contributed by atoms with Gasteiger partial charge in [-0.25, -0.2) is 0 Å². The number of amides is 1. The number of likely N-dealkylation sites (N-methyl/N-ethyl adjacent to an activating group) is 1. The summed E-state index contributed by atoms with van der Waals surface area (Å²) in [6.07, 6.45) is -1.85. The Bertz CT molecular complexity index is 711. The Morgan fingerprint density at radius 3 is 2.69 bits per heavy atom. The zero-order chi connectivity index (χ0) is 21.2. The highest BCUT2D eigenvalue weighted by Crippen LogP contribution is 2.41. The smallest absolute Gasteiger partial charge is 0.406 e. The largest absolute Gasteiger partial charge is 0.573 e. The van der Waals surface area contributed by atoms with Crippen LogP contribution in [0.15, 0.2) is 24.3 Å². The summed E-state index contributed by atoms with van der Waals surface area (Å²) < 4.78 is 41.6. The van der Waals surface area contributed by atoms with Gasteiger partial charge in [0.1, 0.15) is 5.75 Å². The summed E-state index contributed by atoms with van der Waals surface area (Å²) in [5, 5.41) is 6.32. The second-order valence-corrected chi connectivity index (χ2v) is 8.52. The number of fused-ring (bicyclic) bond motifs is 1. The molecule has 3 rings (SSSR count). The molecule has 0 bridgehead atoms. The summed E-state index contributed by atoms with van der Waals surface area (Å²) in [5.41, 5.74) is 0.741. The van der Waals surface area contributed by atoms with E-state index in [9.17, 15) is 18.0 Å². The number of halogens is 3. The van der Waals surface area contributed by atoms with Crippen LogP contribution in [0.3, 0.4) is 0 Å². The number of carbonyl (C=O) groups is 1. The number of hydrogen-bond acceptors (Lipinski definition) is 4. The molecule has 1 aliphatic heterocycles. The molecule has 5 nitrogen and oxygen atoms in total. The third-order valence-corrected chi connectivity index (χ3v) is 5.96. The average Bonchev–Trinajstić information content (AvgIpc) is 3.20. The van der Waals surface area contributed by atoms with Crippen LogP contribution in [0.25, 0.3) is 0 Å². The molecule has 2 fully saturated rings. The quantitative estimate of drug-likeness (QED) is 0.718. The lowest BCUT2D eigenvalue weighted by Crippen LogP contribution is -2.50. The fraction of sp³-hybridized carbons (Fsp3) is 0.667. The van der Waals surface area contributed by atoms with Crippen LogP contribution >= 0.6 is 0 Å². The van der Waals surface area contributed by atoms with Crippen LogP contribution in [-0.4, -0.2) is 44.5 Å². The summed E-state index contributed by atoms with van der Waals surface area (Å²) in [6, 6.07) is 6.19. The molecule has 2 aliphatic rings. The third-order valence-electron chi connectivity index (χ3n) is 5.96. The molecule has 162 valence electrons. The minimum Gasteiger partial charge on any atom is -0.406 e. The van der Waals surface area contributed by atoms with Gasteiger partial charge in [0.05, 0.1) is 6.04 Å². The van der Waals surface area contributed by atoms with E-state index in [-0.39, 0.29) is 23.7 Å². The fourth-order valence-electron chi connectivity index (χ4n) is 4.72. The van der Waals surface area contributed by atoms with Gasteiger partial charge in [0.15, 0.2) is 0 Å². The van der Waals surface area contributed by atoms with Crippen molar-refractivity contribution in [3.63, 3.8) is 0 Å². The van der Waals surface area contributed by atoms with E-state index in [0.717, 1.165) is 38.0 Å². The zero-order valence-corrected chi connectivity index (χ0v) is 17.1. The second-order valence-electron chi connectivity index (χ2n) is 8.52. The van der Waals surface area contributed by atoms with Crippen molar-refractivity contribution >= 4 is 11.6 Å². The number of ether oxygens (including phenoxy) is 1. The second kappa shape index (κ2) is 8.81. The van der Waals surface area contributed by atoms with Crippen molar-refractivity contribution in [2.45, 2.75) is 51.6 Å². The first-order valence-corrected chi connectivity index (χ1v) is 10.2. The van der Waals surface area contributed by atoms with Gasteiger partial charge in [-0.3, -0.25) is 4.79 Å². The highest BCUT2D eigenvalue weighted by molar-refractivity contribution is 5.81. The van der Waals surface area contributed by atoms with Gasteiger partial charge in [-0.2, -0.15) is 0 Å². The zero-order valence-electron chi connectivity index (χ0n) is 17.1. The van der Waals surface area contributed by atoms with E-state index in [1.54, 1.807) is 13.1 Å². The van der Waals surface area contributed by atoms with E-state index in [4.69, 9.17) is 0 Å². The fourth-order valence-corrected chi connectivity index (χ4v) is 4.72. The summed E-state index contributed by atoms with van der Waals surface area (Å²) >= 11 is 0. The first-order chi connectivity index (χ1) is 13.7. The number of carbonyl (C=O) groups excluding carboxylic acids is 1. The monoisotopic (exact) mass is 413 g/mol. The lowest BCUT2D eigenvalue weighted by atomic mass is 9.95. The van der Waals surface area contributed by atoms with Crippen molar-refractivity contribution in [2.75, 3.05) is 25.0 Å². The summed E-state index contributed by atoms with van der Waals surface area (Å²) in [7, 11) is 1.65. The summed E-state index contributed by atoms with van der Waals surface area (Å²) in [6.45, 7) is 5.78. The normalized spacial score (nSPS) is 25.2. The molecular weight excluding hydrogens is 383 g/mol. The SMILES string of the molecule is CNC(=O)[C@H](CC(C)C)N[C@H]1CC[C@@H]2CN(c3cccc(OC(F)(F)F)c3)C[C@@H]21. The van der Waals surface area contributed by atoms with E-state index < -0.39 is 6.36 Å². The minimum absolute atomic E-state index is 0.00834. The van der Waals surface area contributed by atoms with Crippen molar-refractivity contribution in [3.8, 4) is 5.75 Å². The van der Waals surface area contributed by atoms with Crippen LogP contribution in [0, 0.1) is 17.8 Å². The van der Waals surface area contributed by atoms with Gasteiger partial charge in [-0.15, -0.1) is 13.2 Å². The van der Waals surface area contributed by atoms with E-state index in [0.29, 0.717) is 17.8 Å². The van der Waals surface area contributed by atoms with Crippen LogP contribution in [0.1, 0.15) is 33.1 Å². The highest BCUT2D eigenvalue weighted by Gasteiger charge is 2.43. The van der Waals surface area contributed by atoms with Crippen LogP contribution in [0.5, 0.6) is 5.75 Å². The van der Waals surface area contributed by atoms with E-state index >= 15 is 0 Å². The van der Waals surface area contributed by atoms with Crippen molar-refractivity contribution in [1.82, 2.24) is 10.6 Å². The Kier molecular flexibility index (Phi) is 6.61. The number of nitrogens with zero attached hydrogens (tertiary/aromatic N) is 1. The highest BCUT2D eigenvalue weighted by atomic mass is 19.4. The standard InChI is InChI=1S/C21H30F3N3O2/c1-13(2)9-19(20(28)25-3)26-18-8-7-14-11-27(12-17(14)18)15-5-4-6-16(10-15)29-21(22,23)24/h4-6,10,13-14,17-19,26H,7-9,11-12H2,1-3H3,(H,25,28)/t14-,17+,18+,19+/m1/s1. The molecule has 0 aromatic heterocycles. The van der Waals surface area contributed by atoms with Crippen LogP contribution < -0.4 is 20.3 Å². The Morgan fingerprint density at radius 2 is 2.03 bits per heavy atom. The summed E-state index contributed by atoms with van der Waals surface area (Å²) in [5.74, 6) is 1.07. The molecule has 0 radical (unpaired) electrons. The average molecular weight is 413 g/mol. The predicted molar refractivity (Wildman–Crippen MR) is 106 cm³/mol. The molecule has 1 heterocycles. The Balaban J connectivity index is 1.66. The molecule has 1 saturated carbocycles. The van der Waals surface area contributed by atoms with Crippen molar-refractivity contribution in [1.29, 1.82) is 0 Å². The van der Waals surface area contributed by atoms with Crippen LogP contribution in [0.4, 0.5) is 18.9 Å². The molecule has 1 saturated heterocycles. The van der Waals surface area contributed by atoms with Gasteiger partial charge in [0.2, 0.25) is 5.91 Å². The number of anilines is 1. The van der Waals surface area contributed by atoms with Gasteiger partial charge >= 0.3 is 6.36 Å². The van der Waals surface area contributed by atoms with E-state index in [1.807, 2.05) is 6.07 Å². The Morgan fingerprint density at radius 1 is 1.28 bits per heavy atom. The van der Waals surface area contributed by atoms with Gasteiger partial charge in [0.25, 0.3) is 0 Å². The summed E-state index contributed by atoms with van der Waals surface area (Å²) in [4.78, 5) is 14.4. The number of benzene rings is 1. The molecule has 4 atom stereocenters. The van der Waals surface area contributed by atoms with Gasteiger partial charge in [-0.1, -0.05) is 19.9 Å². The molecule has 2 N–H and O–H groups in total. The topological polar surface area (TPSA) is 53.6 Å². The van der Waals surface area contributed by atoms with Crippen molar-refractivity contribution in [3.05, 3.63) is 24.3 Å². The third kappa shape index (κ3) is 5.56. The lowest BCUT2D eigenvalue weighted by molar-refractivity contribution is -0.274. The van der Waals surface area contributed by atoms with Crippen molar-refractivity contribution < 1.29 is 22.7 Å². The maximum Gasteiger partial charge on any atom is 0.573 e. The number of nitrogens with one attached hydrogen (secondary N) is 2. The molecule has 1 amide bonds. The predicted octanol–water partition coefficient (Wildman–Crippen LogP) is 3.55. The molecule has 8 heteroatoms. The minimum atomic E-state index is -4.69. The molecule has 0 spiro atoms. The maximum atomic E-state index is 12.5. The first-order valence-electron chi connectivity index (χ1n) is 10.2. The number of hydrogen-bond donors (Lipinski definition) is 2. The maximum absolute atomic E-state index is 12.5. The number of alkyl halides is 3. The van der Waals surface area contributed by atoms with Gasteiger partial charge in [-0.05, 0) is 49.1 Å². The van der Waals surface area contributed by atoms with Crippen LogP contribution in [0.2, 0.25) is 0 Å². The molecule has 1 aromatic rings. The molecule has 29 heavy (non-hydrogen) atoms. The van der Waals surface area contributed by atoms with Gasteiger partial charge < -0.3 is 20.3 Å². The Labute approximate surface area is 170 Å². The van der Waals surface area contributed by atoms with Gasteiger partial charge in [0, 0.05) is 37.9 Å². The molecule has 1 aromatic carbocycles. The number of rotatable bonds is 7. The first kappa shape index (κ1) is 21.7. The molecular formula is C21H30F3N3O2. The van der Waals surface area contributed by atoms with E-state index in [1.165, 1.54) is 12.1 Å². The lowest BCUT2D eigenvalue weighted by Gasteiger charge is -2.28. The Hall–Kier alpha value is -1.96.